The molecule has 3 heterocycles. The fraction of sp³-hybridized carbons (Fsp3) is 0.125. The van der Waals surface area contributed by atoms with Gasteiger partial charge in [-0.15, -0.1) is 0 Å². The van der Waals surface area contributed by atoms with Crippen LogP contribution in [0.5, 0.6) is 0 Å². The number of hydrogen-bond donors (Lipinski definition) is 4. The van der Waals surface area contributed by atoms with E-state index in [1.807, 2.05) is 0 Å². The number of aliphatic hydroxyl groups is 2. The van der Waals surface area contributed by atoms with Crippen LogP contribution >= 0.6 is 0 Å². The number of hydrogen-bond acceptors (Lipinski definition) is 7. The van der Waals surface area contributed by atoms with Gasteiger partial charge < -0.3 is 26.0 Å². The molecule has 2 aromatic heterocycles. The van der Waals surface area contributed by atoms with Crippen molar-refractivity contribution in [2.45, 2.75) is 18.3 Å². The van der Waals surface area contributed by atoms with Gasteiger partial charge in [0.2, 0.25) is 0 Å². The van der Waals surface area contributed by atoms with Gasteiger partial charge in [0.25, 0.3) is 5.91 Å². The molecule has 8 nitrogen and oxygen atoms in total. The van der Waals surface area contributed by atoms with Crippen molar-refractivity contribution in [2.75, 3.05) is 11.1 Å². The predicted molar refractivity (Wildman–Crippen MR) is 121 cm³/mol. The highest BCUT2D eigenvalue weighted by atomic mass is 19.1. The number of rotatable bonds is 5. The molecule has 34 heavy (non-hydrogen) atoms. The number of halogens is 2. The van der Waals surface area contributed by atoms with E-state index in [-0.39, 0.29) is 34.1 Å². The first-order valence-corrected chi connectivity index (χ1v) is 10.1. The zero-order chi connectivity index (χ0) is 24.4. The van der Waals surface area contributed by atoms with E-state index in [2.05, 4.69) is 21.9 Å². The van der Waals surface area contributed by atoms with Gasteiger partial charge in [-0.3, -0.25) is 9.78 Å². The maximum absolute atomic E-state index is 14.5. The second-order valence-corrected chi connectivity index (χ2v) is 7.44. The van der Waals surface area contributed by atoms with E-state index >= 15 is 0 Å². The Bertz CT molecular complexity index is 1300. The number of carbonyl (C=O) groups is 1. The largest absolute Gasteiger partial charge is 0.483 e. The Morgan fingerprint density at radius 2 is 1.94 bits per heavy atom. The number of nitrogens with zero attached hydrogens (tertiary/aromatic N) is 2. The third-order valence-corrected chi connectivity index (χ3v) is 5.19. The number of benzene rings is 1. The van der Waals surface area contributed by atoms with Crippen LogP contribution in [0.2, 0.25) is 0 Å². The van der Waals surface area contributed by atoms with Gasteiger partial charge in [0.05, 0.1) is 17.6 Å². The van der Waals surface area contributed by atoms with E-state index in [0.29, 0.717) is 5.56 Å². The molecular formula is C24H20F2N4O4. The number of ether oxygens (including phenoxy) is 1. The van der Waals surface area contributed by atoms with Crippen molar-refractivity contribution in [1.29, 1.82) is 0 Å². The molecule has 0 saturated carbocycles. The highest BCUT2D eigenvalue weighted by molar-refractivity contribution is 6.07. The Labute approximate surface area is 193 Å². The van der Waals surface area contributed by atoms with Crippen LogP contribution in [0.15, 0.2) is 67.5 Å². The molecule has 10 heteroatoms. The summed E-state index contributed by atoms with van der Waals surface area (Å²) in [4.78, 5) is 21.0. The average Bonchev–Trinajstić information content (AvgIpc) is 2.82. The van der Waals surface area contributed by atoms with Crippen LogP contribution < -0.4 is 11.1 Å². The van der Waals surface area contributed by atoms with Crippen LogP contribution in [0.1, 0.15) is 16.1 Å². The van der Waals surface area contributed by atoms with Gasteiger partial charge in [0, 0.05) is 23.4 Å². The standard InChI is InChI=1S/C24H20F2N4O4/c1-2-19-23(32)18(31)10-20(34-19)13-7-8-28-11-17(13)29-24(33)22-16(27)9-15(26)21(30-22)12-5-3-4-6-14(12)25/h2-11,18-19,23,31-32H,1,27H2,(H,29,33). The summed E-state index contributed by atoms with van der Waals surface area (Å²) in [6.45, 7) is 3.58. The zero-order valence-corrected chi connectivity index (χ0v) is 17.7. The van der Waals surface area contributed by atoms with Crippen LogP contribution in [0.4, 0.5) is 20.2 Å². The molecule has 1 aromatic carbocycles. The van der Waals surface area contributed by atoms with Crippen molar-refractivity contribution < 1.29 is 28.5 Å². The first-order chi connectivity index (χ1) is 16.3. The Morgan fingerprint density at radius 3 is 2.68 bits per heavy atom. The van der Waals surface area contributed by atoms with Crippen LogP contribution in [0, 0.1) is 11.6 Å². The third kappa shape index (κ3) is 4.36. The van der Waals surface area contributed by atoms with Crippen LogP contribution in [-0.2, 0) is 4.74 Å². The second-order valence-electron chi connectivity index (χ2n) is 7.44. The van der Waals surface area contributed by atoms with Gasteiger partial charge in [-0.25, -0.2) is 13.8 Å². The van der Waals surface area contributed by atoms with Crippen molar-refractivity contribution in [3.63, 3.8) is 0 Å². The summed E-state index contributed by atoms with van der Waals surface area (Å²) in [6, 6.07) is 7.86. The van der Waals surface area contributed by atoms with Gasteiger partial charge in [0.1, 0.15) is 35.6 Å². The van der Waals surface area contributed by atoms with Crippen molar-refractivity contribution in [3.8, 4) is 11.3 Å². The molecule has 1 aliphatic heterocycles. The molecule has 0 aliphatic carbocycles. The fourth-order valence-corrected chi connectivity index (χ4v) is 3.46. The predicted octanol–water partition coefficient (Wildman–Crippen LogP) is 2.90. The van der Waals surface area contributed by atoms with Gasteiger partial charge in [-0.2, -0.15) is 0 Å². The number of aliphatic hydroxyl groups excluding tert-OH is 2. The normalized spacial score (nSPS) is 19.6. The molecular weight excluding hydrogens is 446 g/mol. The summed E-state index contributed by atoms with van der Waals surface area (Å²) in [6.07, 6.45) is 2.07. The summed E-state index contributed by atoms with van der Waals surface area (Å²) in [5.74, 6) is -2.22. The smallest absolute Gasteiger partial charge is 0.276 e. The minimum absolute atomic E-state index is 0.125. The lowest BCUT2D eigenvalue weighted by Crippen LogP contribution is -2.40. The summed E-state index contributed by atoms with van der Waals surface area (Å²) < 4.78 is 34.4. The van der Waals surface area contributed by atoms with E-state index < -0.39 is 35.9 Å². The lowest BCUT2D eigenvalue weighted by atomic mass is 10.0. The number of nitrogens with one attached hydrogen (secondary N) is 1. The molecule has 1 aliphatic rings. The molecule has 4 rings (SSSR count). The van der Waals surface area contributed by atoms with E-state index in [4.69, 9.17) is 10.5 Å². The number of nitrogens with two attached hydrogens (primary N) is 1. The quantitative estimate of drug-likeness (QED) is 0.425. The number of anilines is 2. The third-order valence-electron chi connectivity index (χ3n) is 5.19. The highest BCUT2D eigenvalue weighted by Crippen LogP contribution is 2.32. The summed E-state index contributed by atoms with van der Waals surface area (Å²) in [5, 5.41) is 22.7. The minimum Gasteiger partial charge on any atom is -0.483 e. The second kappa shape index (κ2) is 9.38. The summed E-state index contributed by atoms with van der Waals surface area (Å²) >= 11 is 0. The molecule has 0 bridgehead atoms. The molecule has 0 fully saturated rings. The van der Waals surface area contributed by atoms with Crippen molar-refractivity contribution >= 4 is 23.0 Å². The maximum Gasteiger partial charge on any atom is 0.276 e. The van der Waals surface area contributed by atoms with E-state index in [1.54, 1.807) is 0 Å². The lowest BCUT2D eigenvalue weighted by molar-refractivity contribution is -0.0339. The van der Waals surface area contributed by atoms with Crippen molar-refractivity contribution in [2.24, 2.45) is 0 Å². The lowest BCUT2D eigenvalue weighted by Gasteiger charge is -2.30. The average molecular weight is 466 g/mol. The number of nitrogen functional groups attached to an aromatic ring is 1. The zero-order valence-electron chi connectivity index (χ0n) is 17.7. The summed E-state index contributed by atoms with van der Waals surface area (Å²) in [5.41, 5.74) is 5.27. The minimum atomic E-state index is -1.23. The SMILES string of the molecule is C=CC1OC(c2ccncc2NC(=O)c2nc(-c3ccccc3F)c(F)cc2N)=CC(O)C1O. The van der Waals surface area contributed by atoms with Crippen molar-refractivity contribution in [1.82, 2.24) is 9.97 Å². The topological polar surface area (TPSA) is 131 Å². The first-order valence-electron chi connectivity index (χ1n) is 10.1. The Balaban J connectivity index is 1.69. The van der Waals surface area contributed by atoms with Crippen LogP contribution in [0.3, 0.4) is 0 Å². The number of aromatic nitrogens is 2. The van der Waals surface area contributed by atoms with Gasteiger partial charge in [-0.1, -0.05) is 18.7 Å². The van der Waals surface area contributed by atoms with Crippen molar-refractivity contribution in [3.05, 3.63) is 90.4 Å². The molecule has 5 N–H and O–H groups in total. The molecule has 0 saturated heterocycles. The Kier molecular flexibility index (Phi) is 6.35. The van der Waals surface area contributed by atoms with Crippen LogP contribution in [0.25, 0.3) is 17.0 Å². The molecule has 3 unspecified atom stereocenters. The summed E-state index contributed by atoms with van der Waals surface area (Å²) in [7, 11) is 0. The molecule has 0 spiro atoms. The maximum atomic E-state index is 14.5. The highest BCUT2D eigenvalue weighted by Gasteiger charge is 2.31. The number of pyridine rings is 2. The molecule has 1 amide bonds. The van der Waals surface area contributed by atoms with E-state index in [0.717, 1.165) is 12.1 Å². The van der Waals surface area contributed by atoms with Gasteiger partial charge >= 0.3 is 0 Å². The Morgan fingerprint density at radius 1 is 1.18 bits per heavy atom. The number of amides is 1. The molecule has 0 radical (unpaired) electrons. The Hall–Kier alpha value is -4.15. The molecule has 3 atom stereocenters. The van der Waals surface area contributed by atoms with E-state index in [9.17, 15) is 23.8 Å². The van der Waals surface area contributed by atoms with E-state index in [1.165, 1.54) is 48.8 Å². The molecule has 174 valence electrons. The van der Waals surface area contributed by atoms with Gasteiger partial charge in [-0.05, 0) is 30.4 Å². The fourth-order valence-electron chi connectivity index (χ4n) is 3.46. The first kappa shape index (κ1) is 23.0. The monoisotopic (exact) mass is 466 g/mol. The number of carbonyl (C=O) groups excluding carboxylic acids is 1. The van der Waals surface area contributed by atoms with Gasteiger partial charge in [0.15, 0.2) is 11.5 Å². The van der Waals surface area contributed by atoms with Crippen LogP contribution in [-0.4, -0.2) is 44.4 Å². The molecule has 3 aromatic rings.